The van der Waals surface area contributed by atoms with E-state index in [0.29, 0.717) is 16.3 Å². The van der Waals surface area contributed by atoms with Gasteiger partial charge in [-0.2, -0.15) is 0 Å². The Balaban J connectivity index is 2.03. The smallest absolute Gasteiger partial charge is 0.338 e. The third kappa shape index (κ3) is 3.72. The zero-order valence-corrected chi connectivity index (χ0v) is 12.2. The van der Waals surface area contributed by atoms with Gasteiger partial charge >= 0.3 is 5.97 Å². The number of hydrogen-bond donors (Lipinski definition) is 1. The van der Waals surface area contributed by atoms with E-state index in [9.17, 15) is 4.79 Å². The standard InChI is InChI=1S/C14H11BrClNO2/c15-11-3-1-2-9(6-11)8-19-14(18)10-4-5-12(16)13(17)7-10/h1-7H,8,17H2. The molecule has 0 atom stereocenters. The average Bonchev–Trinajstić information content (AvgIpc) is 2.39. The minimum atomic E-state index is -0.427. The van der Waals surface area contributed by atoms with E-state index in [1.54, 1.807) is 12.1 Å². The number of esters is 1. The summed E-state index contributed by atoms with van der Waals surface area (Å²) >= 11 is 9.15. The molecule has 19 heavy (non-hydrogen) atoms. The maximum absolute atomic E-state index is 11.8. The summed E-state index contributed by atoms with van der Waals surface area (Å²) in [4.78, 5) is 11.8. The summed E-state index contributed by atoms with van der Waals surface area (Å²) in [6.45, 7) is 0.209. The molecule has 2 rings (SSSR count). The molecule has 0 aliphatic rings. The monoisotopic (exact) mass is 339 g/mol. The van der Waals surface area contributed by atoms with Crippen molar-refractivity contribution in [1.82, 2.24) is 0 Å². The number of halogens is 2. The number of carbonyl (C=O) groups excluding carboxylic acids is 1. The van der Waals surface area contributed by atoms with Gasteiger partial charge in [0.15, 0.2) is 0 Å². The lowest BCUT2D eigenvalue weighted by Gasteiger charge is -2.06. The second-order valence-electron chi connectivity index (χ2n) is 3.94. The largest absolute Gasteiger partial charge is 0.457 e. The molecule has 0 fully saturated rings. The summed E-state index contributed by atoms with van der Waals surface area (Å²) in [5.74, 6) is -0.427. The van der Waals surface area contributed by atoms with Gasteiger partial charge in [0, 0.05) is 4.47 Å². The second-order valence-corrected chi connectivity index (χ2v) is 5.27. The van der Waals surface area contributed by atoms with Crippen molar-refractivity contribution in [3.05, 3.63) is 63.1 Å². The Morgan fingerprint density at radius 2 is 2.05 bits per heavy atom. The molecule has 0 aliphatic carbocycles. The fraction of sp³-hybridized carbons (Fsp3) is 0.0714. The van der Waals surface area contributed by atoms with Crippen molar-refractivity contribution in [2.75, 3.05) is 5.73 Å². The van der Waals surface area contributed by atoms with Crippen LogP contribution in [0.25, 0.3) is 0 Å². The summed E-state index contributed by atoms with van der Waals surface area (Å²) in [7, 11) is 0. The molecule has 0 aromatic heterocycles. The summed E-state index contributed by atoms with van der Waals surface area (Å²) < 4.78 is 6.15. The van der Waals surface area contributed by atoms with Crippen molar-refractivity contribution in [1.29, 1.82) is 0 Å². The lowest BCUT2D eigenvalue weighted by Crippen LogP contribution is -2.06. The van der Waals surface area contributed by atoms with Gasteiger partial charge in [0.1, 0.15) is 6.61 Å². The van der Waals surface area contributed by atoms with Crippen LogP contribution in [0.1, 0.15) is 15.9 Å². The lowest BCUT2D eigenvalue weighted by molar-refractivity contribution is 0.0472. The highest BCUT2D eigenvalue weighted by Gasteiger charge is 2.09. The molecule has 2 aromatic carbocycles. The summed E-state index contributed by atoms with van der Waals surface area (Å²) in [6.07, 6.45) is 0. The van der Waals surface area contributed by atoms with Crippen LogP contribution in [-0.2, 0) is 11.3 Å². The van der Waals surface area contributed by atoms with Crippen molar-refractivity contribution >= 4 is 39.2 Å². The fourth-order valence-corrected chi connectivity index (χ4v) is 2.09. The fourth-order valence-electron chi connectivity index (χ4n) is 1.53. The molecule has 2 N–H and O–H groups in total. The molecule has 3 nitrogen and oxygen atoms in total. The van der Waals surface area contributed by atoms with E-state index >= 15 is 0 Å². The van der Waals surface area contributed by atoms with Crippen LogP contribution in [0, 0.1) is 0 Å². The first-order valence-corrected chi connectivity index (χ1v) is 6.70. The Morgan fingerprint density at radius 3 is 2.74 bits per heavy atom. The van der Waals surface area contributed by atoms with E-state index in [1.165, 1.54) is 6.07 Å². The Bertz CT molecular complexity index is 616. The lowest BCUT2D eigenvalue weighted by atomic mass is 10.2. The van der Waals surface area contributed by atoms with Gasteiger partial charge in [-0.05, 0) is 35.9 Å². The first-order valence-electron chi connectivity index (χ1n) is 5.53. The van der Waals surface area contributed by atoms with Crippen LogP contribution in [0.2, 0.25) is 5.02 Å². The average molecular weight is 341 g/mol. The maximum atomic E-state index is 11.8. The molecule has 0 aliphatic heterocycles. The van der Waals surface area contributed by atoms with Crippen LogP contribution in [0.5, 0.6) is 0 Å². The number of carbonyl (C=O) groups is 1. The highest BCUT2D eigenvalue weighted by atomic mass is 79.9. The second kappa shape index (κ2) is 6.08. The van der Waals surface area contributed by atoms with Crippen molar-refractivity contribution in [3.63, 3.8) is 0 Å². The highest BCUT2D eigenvalue weighted by molar-refractivity contribution is 9.10. The molecule has 0 spiro atoms. The molecule has 98 valence electrons. The van der Waals surface area contributed by atoms with Crippen LogP contribution < -0.4 is 5.73 Å². The van der Waals surface area contributed by atoms with Crippen LogP contribution in [-0.4, -0.2) is 5.97 Å². The van der Waals surface area contributed by atoms with Gasteiger partial charge < -0.3 is 10.5 Å². The van der Waals surface area contributed by atoms with Crippen LogP contribution in [0.4, 0.5) is 5.69 Å². The minimum Gasteiger partial charge on any atom is -0.457 e. The van der Waals surface area contributed by atoms with Gasteiger partial charge in [0.25, 0.3) is 0 Å². The van der Waals surface area contributed by atoms with E-state index in [1.807, 2.05) is 24.3 Å². The van der Waals surface area contributed by atoms with Crippen molar-refractivity contribution in [2.45, 2.75) is 6.61 Å². The maximum Gasteiger partial charge on any atom is 0.338 e. The number of ether oxygens (including phenoxy) is 1. The zero-order chi connectivity index (χ0) is 13.8. The predicted octanol–water partition coefficient (Wildman–Crippen LogP) is 4.04. The molecule has 0 heterocycles. The molecule has 5 heteroatoms. The Morgan fingerprint density at radius 1 is 1.26 bits per heavy atom. The molecule has 0 amide bonds. The van der Waals surface area contributed by atoms with Gasteiger partial charge in [0.2, 0.25) is 0 Å². The van der Waals surface area contributed by atoms with E-state index in [2.05, 4.69) is 15.9 Å². The van der Waals surface area contributed by atoms with Crippen LogP contribution in [0.3, 0.4) is 0 Å². The van der Waals surface area contributed by atoms with Crippen molar-refractivity contribution < 1.29 is 9.53 Å². The third-order valence-electron chi connectivity index (χ3n) is 2.49. The van der Waals surface area contributed by atoms with E-state index in [-0.39, 0.29) is 6.61 Å². The van der Waals surface area contributed by atoms with Crippen molar-refractivity contribution in [3.8, 4) is 0 Å². The number of hydrogen-bond acceptors (Lipinski definition) is 3. The van der Waals surface area contributed by atoms with Gasteiger partial charge in [-0.1, -0.05) is 39.7 Å². The first-order chi connectivity index (χ1) is 9.06. The first kappa shape index (κ1) is 13.9. The van der Waals surface area contributed by atoms with Gasteiger partial charge in [-0.15, -0.1) is 0 Å². The Kier molecular flexibility index (Phi) is 4.45. The summed E-state index contributed by atoms with van der Waals surface area (Å²) in [5, 5.41) is 0.420. The van der Waals surface area contributed by atoms with Crippen LogP contribution >= 0.6 is 27.5 Å². The molecular weight excluding hydrogens is 330 g/mol. The zero-order valence-electron chi connectivity index (χ0n) is 9.90. The third-order valence-corrected chi connectivity index (χ3v) is 3.33. The molecule has 0 saturated carbocycles. The van der Waals surface area contributed by atoms with E-state index in [4.69, 9.17) is 22.1 Å². The Hall–Kier alpha value is -1.52. The minimum absolute atomic E-state index is 0.209. The normalized spacial score (nSPS) is 10.2. The number of nitrogens with two attached hydrogens (primary N) is 1. The number of nitrogen functional groups attached to an aromatic ring is 1. The quantitative estimate of drug-likeness (QED) is 0.677. The number of benzene rings is 2. The molecular formula is C14H11BrClNO2. The number of anilines is 1. The van der Waals surface area contributed by atoms with Crippen LogP contribution in [0.15, 0.2) is 46.9 Å². The van der Waals surface area contributed by atoms with Gasteiger partial charge in [-0.25, -0.2) is 4.79 Å². The summed E-state index contributed by atoms with van der Waals surface area (Å²) in [6, 6.07) is 12.2. The highest BCUT2D eigenvalue weighted by Crippen LogP contribution is 2.20. The topological polar surface area (TPSA) is 52.3 Å². The SMILES string of the molecule is Nc1cc(C(=O)OCc2cccc(Br)c2)ccc1Cl. The summed E-state index contributed by atoms with van der Waals surface area (Å²) in [5.41, 5.74) is 7.29. The van der Waals surface area contributed by atoms with E-state index < -0.39 is 5.97 Å². The molecule has 0 saturated heterocycles. The molecule has 2 aromatic rings. The molecule has 0 unspecified atom stereocenters. The molecule has 0 radical (unpaired) electrons. The van der Waals surface area contributed by atoms with Gasteiger partial charge in [-0.3, -0.25) is 0 Å². The molecule has 0 bridgehead atoms. The number of rotatable bonds is 3. The van der Waals surface area contributed by atoms with Gasteiger partial charge in [0.05, 0.1) is 16.3 Å². The van der Waals surface area contributed by atoms with E-state index in [0.717, 1.165) is 10.0 Å². The van der Waals surface area contributed by atoms with Crippen molar-refractivity contribution in [2.24, 2.45) is 0 Å². The Labute approximate surface area is 124 Å². The predicted molar refractivity (Wildman–Crippen MR) is 79.1 cm³/mol.